The second kappa shape index (κ2) is 16.2. The average molecular weight is 614 g/mol. The minimum Gasteiger partial charge on any atom is -0.495 e. The number of sulfonamides is 1. The van der Waals surface area contributed by atoms with Crippen LogP contribution in [0.4, 0.5) is 5.69 Å². The third-order valence-corrected chi connectivity index (χ3v) is 8.36. The number of rotatable bonds is 16. The van der Waals surface area contributed by atoms with E-state index in [-0.39, 0.29) is 42.8 Å². The first-order valence-corrected chi connectivity index (χ1v) is 16.3. The van der Waals surface area contributed by atoms with Gasteiger partial charge >= 0.3 is 0 Å². The number of carbonyl (C=O) groups is 2. The first-order valence-electron chi connectivity index (χ1n) is 14.1. The minimum atomic E-state index is -3.66. The van der Waals surface area contributed by atoms with Crippen molar-refractivity contribution in [2.75, 3.05) is 30.8 Å². The van der Waals surface area contributed by atoms with Gasteiger partial charge in [0.15, 0.2) is 0 Å². The molecule has 0 spiro atoms. The smallest absolute Gasteiger partial charge is 0.243 e. The Hall–Kier alpha value is -3.56. The molecule has 0 bridgehead atoms. The molecular weight excluding hydrogens is 574 g/mol. The summed E-state index contributed by atoms with van der Waals surface area (Å²) in [5.41, 5.74) is 2.23. The number of nitrogens with one attached hydrogen (secondary N) is 1. The van der Waals surface area contributed by atoms with Crippen molar-refractivity contribution in [3.05, 3.63) is 95.0 Å². The summed E-state index contributed by atoms with van der Waals surface area (Å²) in [6.07, 6.45) is 3.55. The maximum atomic E-state index is 13.9. The van der Waals surface area contributed by atoms with Gasteiger partial charge in [-0.1, -0.05) is 85.6 Å². The van der Waals surface area contributed by atoms with Crippen LogP contribution in [0.1, 0.15) is 43.7 Å². The Morgan fingerprint density at radius 1 is 0.952 bits per heavy atom. The number of hydrogen-bond donors (Lipinski definition) is 1. The lowest BCUT2D eigenvalue weighted by molar-refractivity contribution is -0.141. The van der Waals surface area contributed by atoms with Crippen LogP contribution in [0.3, 0.4) is 0 Å². The summed E-state index contributed by atoms with van der Waals surface area (Å²) in [5.74, 6) is -0.00358. The first kappa shape index (κ1) is 32.9. The highest BCUT2D eigenvalue weighted by molar-refractivity contribution is 7.92. The molecule has 0 aliphatic carbocycles. The standard InChI is InChI=1S/C32H40ClN3O5S/c1-4-5-20-34-32(38)29(22-25-13-8-6-9-14-25)35(24-26-15-10-7-11-16-26)31(37)17-12-21-36(42(3,39)40)27-18-19-30(41-2)28(33)23-27/h6-11,13-16,18-19,23,29H,4-5,12,17,20-22,24H2,1-3H3,(H,34,38). The number of hydrogen-bond acceptors (Lipinski definition) is 5. The second-order valence-electron chi connectivity index (χ2n) is 10.1. The molecule has 3 rings (SSSR count). The van der Waals surface area contributed by atoms with Gasteiger partial charge < -0.3 is 15.0 Å². The predicted octanol–water partition coefficient (Wildman–Crippen LogP) is 5.45. The summed E-state index contributed by atoms with van der Waals surface area (Å²) in [7, 11) is -2.18. The fourth-order valence-corrected chi connectivity index (χ4v) is 5.86. The number of ether oxygens (including phenoxy) is 1. The average Bonchev–Trinajstić information content (AvgIpc) is 2.97. The number of unbranched alkanes of at least 4 members (excludes halogenated alkanes) is 1. The first-order chi connectivity index (χ1) is 20.1. The zero-order valence-electron chi connectivity index (χ0n) is 24.5. The van der Waals surface area contributed by atoms with Crippen LogP contribution < -0.4 is 14.4 Å². The van der Waals surface area contributed by atoms with Gasteiger partial charge in [-0.05, 0) is 42.2 Å². The van der Waals surface area contributed by atoms with Gasteiger partial charge in [-0.3, -0.25) is 13.9 Å². The number of carbonyl (C=O) groups excluding carboxylic acids is 2. The van der Waals surface area contributed by atoms with Gasteiger partial charge in [-0.25, -0.2) is 8.42 Å². The van der Waals surface area contributed by atoms with Crippen molar-refractivity contribution in [1.29, 1.82) is 0 Å². The lowest BCUT2D eigenvalue weighted by atomic mass is 10.0. The van der Waals surface area contributed by atoms with E-state index in [1.807, 2.05) is 60.7 Å². The van der Waals surface area contributed by atoms with Crippen molar-refractivity contribution >= 4 is 39.1 Å². The molecule has 2 amide bonds. The highest BCUT2D eigenvalue weighted by atomic mass is 35.5. The molecule has 0 heterocycles. The molecule has 226 valence electrons. The zero-order chi connectivity index (χ0) is 30.5. The van der Waals surface area contributed by atoms with E-state index in [2.05, 4.69) is 12.2 Å². The number of benzene rings is 3. The lowest BCUT2D eigenvalue weighted by Gasteiger charge is -2.32. The normalized spacial score (nSPS) is 11.9. The summed E-state index contributed by atoms with van der Waals surface area (Å²) >= 11 is 6.26. The minimum absolute atomic E-state index is 0.0519. The molecule has 0 radical (unpaired) electrons. The molecule has 0 saturated heterocycles. The lowest BCUT2D eigenvalue weighted by Crippen LogP contribution is -2.50. The molecule has 0 fully saturated rings. The van der Waals surface area contributed by atoms with Crippen LogP contribution in [-0.4, -0.2) is 57.6 Å². The van der Waals surface area contributed by atoms with E-state index in [0.29, 0.717) is 24.4 Å². The number of nitrogens with zero attached hydrogens (tertiary/aromatic N) is 2. The van der Waals surface area contributed by atoms with Gasteiger partial charge in [0, 0.05) is 32.5 Å². The Morgan fingerprint density at radius 2 is 1.60 bits per heavy atom. The molecule has 0 saturated carbocycles. The van der Waals surface area contributed by atoms with Crippen molar-refractivity contribution < 1.29 is 22.7 Å². The van der Waals surface area contributed by atoms with Crippen LogP contribution >= 0.6 is 11.6 Å². The second-order valence-corrected chi connectivity index (χ2v) is 12.4. The van der Waals surface area contributed by atoms with Crippen LogP contribution in [0.25, 0.3) is 0 Å². The van der Waals surface area contributed by atoms with Gasteiger partial charge in [0.05, 0.1) is 24.1 Å². The maximum Gasteiger partial charge on any atom is 0.243 e. The van der Waals surface area contributed by atoms with E-state index in [4.69, 9.17) is 16.3 Å². The van der Waals surface area contributed by atoms with Gasteiger partial charge in [0.1, 0.15) is 11.8 Å². The van der Waals surface area contributed by atoms with Gasteiger partial charge in [0.25, 0.3) is 0 Å². The van der Waals surface area contributed by atoms with Gasteiger partial charge in [0.2, 0.25) is 21.8 Å². The molecule has 0 aliphatic heterocycles. The maximum absolute atomic E-state index is 13.9. The molecule has 1 N–H and O–H groups in total. The topological polar surface area (TPSA) is 96.0 Å². The summed E-state index contributed by atoms with van der Waals surface area (Å²) in [6.45, 7) is 2.90. The van der Waals surface area contributed by atoms with Gasteiger partial charge in [-0.2, -0.15) is 0 Å². The van der Waals surface area contributed by atoms with Crippen molar-refractivity contribution in [2.24, 2.45) is 0 Å². The molecule has 42 heavy (non-hydrogen) atoms. The van der Waals surface area contributed by atoms with E-state index in [1.165, 1.54) is 17.5 Å². The fourth-order valence-electron chi connectivity index (χ4n) is 4.65. The molecule has 1 atom stereocenters. The molecule has 0 aromatic heterocycles. The van der Waals surface area contributed by atoms with Crippen LogP contribution in [0.5, 0.6) is 5.75 Å². The summed E-state index contributed by atoms with van der Waals surface area (Å²) in [4.78, 5) is 29.0. The highest BCUT2D eigenvalue weighted by Crippen LogP contribution is 2.30. The summed E-state index contributed by atoms with van der Waals surface area (Å²) < 4.78 is 31.8. The van der Waals surface area contributed by atoms with Crippen LogP contribution in [0.15, 0.2) is 78.9 Å². The molecule has 3 aromatic rings. The molecular formula is C32H40ClN3O5S. The van der Waals surface area contributed by atoms with Crippen molar-refractivity contribution in [3.63, 3.8) is 0 Å². The summed E-state index contributed by atoms with van der Waals surface area (Å²) in [6, 6.07) is 23.2. The van der Waals surface area contributed by atoms with Crippen LogP contribution in [-0.2, 0) is 32.6 Å². The number of amides is 2. The molecule has 3 aromatic carbocycles. The monoisotopic (exact) mass is 613 g/mol. The van der Waals surface area contributed by atoms with Crippen LogP contribution in [0.2, 0.25) is 5.02 Å². The number of anilines is 1. The van der Waals surface area contributed by atoms with E-state index in [0.717, 1.165) is 30.2 Å². The van der Waals surface area contributed by atoms with Gasteiger partial charge in [-0.15, -0.1) is 0 Å². The van der Waals surface area contributed by atoms with Crippen LogP contribution in [0, 0.1) is 0 Å². The predicted molar refractivity (Wildman–Crippen MR) is 168 cm³/mol. The fraction of sp³-hybridized carbons (Fsp3) is 0.375. The number of methoxy groups -OCH3 is 1. The zero-order valence-corrected chi connectivity index (χ0v) is 26.0. The van der Waals surface area contributed by atoms with E-state index in [9.17, 15) is 18.0 Å². The molecule has 8 nitrogen and oxygen atoms in total. The van der Waals surface area contributed by atoms with E-state index < -0.39 is 16.1 Å². The Bertz CT molecular complexity index is 1400. The number of halogens is 1. The Balaban J connectivity index is 1.85. The third kappa shape index (κ3) is 9.77. The SMILES string of the molecule is CCCCNC(=O)C(Cc1ccccc1)N(Cc1ccccc1)C(=O)CCCN(c1ccc(OC)c(Cl)c1)S(C)(=O)=O. The van der Waals surface area contributed by atoms with Crippen molar-refractivity contribution in [1.82, 2.24) is 10.2 Å². The Morgan fingerprint density at radius 3 is 2.17 bits per heavy atom. The molecule has 0 aliphatic rings. The third-order valence-electron chi connectivity index (χ3n) is 6.87. The largest absolute Gasteiger partial charge is 0.495 e. The van der Waals surface area contributed by atoms with E-state index in [1.54, 1.807) is 17.0 Å². The summed E-state index contributed by atoms with van der Waals surface area (Å²) in [5, 5.41) is 3.30. The van der Waals surface area contributed by atoms with E-state index >= 15 is 0 Å². The van der Waals surface area contributed by atoms with Crippen molar-refractivity contribution in [3.8, 4) is 5.75 Å². The molecule has 1 unspecified atom stereocenters. The quantitative estimate of drug-likeness (QED) is 0.217. The highest BCUT2D eigenvalue weighted by Gasteiger charge is 2.30. The Labute approximate surface area is 254 Å². The van der Waals surface area contributed by atoms with Crippen molar-refractivity contribution in [2.45, 2.75) is 51.6 Å². The molecule has 10 heteroatoms. The Kier molecular flexibility index (Phi) is 12.7.